The summed E-state index contributed by atoms with van der Waals surface area (Å²) in [5.74, 6) is 0.505. The fraction of sp³-hybridized carbons (Fsp3) is 0.0952. The SMILES string of the molecule is C=C/C(=C\C)C/C=C(\N=C(N)c1ccccc1)c1ccc(Br)cc1. The first kappa shape index (κ1) is 18.0. The van der Waals surface area contributed by atoms with Crippen LogP contribution in [0.1, 0.15) is 24.5 Å². The van der Waals surface area contributed by atoms with E-state index in [0.717, 1.165) is 33.3 Å². The number of hydrogen-bond acceptors (Lipinski definition) is 1. The third-order valence-corrected chi connectivity index (χ3v) is 4.14. The summed E-state index contributed by atoms with van der Waals surface area (Å²) in [5, 5.41) is 0. The first-order chi connectivity index (χ1) is 11.6. The monoisotopic (exact) mass is 380 g/mol. The summed E-state index contributed by atoms with van der Waals surface area (Å²) >= 11 is 3.46. The second-order valence-corrected chi connectivity index (χ2v) is 6.15. The third-order valence-electron chi connectivity index (χ3n) is 3.61. The van der Waals surface area contributed by atoms with Crippen molar-refractivity contribution in [3.05, 3.63) is 101 Å². The van der Waals surface area contributed by atoms with Crippen molar-refractivity contribution in [3.63, 3.8) is 0 Å². The summed E-state index contributed by atoms with van der Waals surface area (Å²) < 4.78 is 1.03. The van der Waals surface area contributed by atoms with E-state index in [4.69, 9.17) is 5.73 Å². The minimum absolute atomic E-state index is 0.505. The minimum Gasteiger partial charge on any atom is -0.383 e. The second kappa shape index (κ2) is 9.04. The van der Waals surface area contributed by atoms with Crippen LogP contribution in [-0.2, 0) is 0 Å². The van der Waals surface area contributed by atoms with Gasteiger partial charge < -0.3 is 5.73 Å². The van der Waals surface area contributed by atoms with Gasteiger partial charge in [-0.2, -0.15) is 0 Å². The Kier molecular flexibility index (Phi) is 6.76. The van der Waals surface area contributed by atoms with Gasteiger partial charge in [-0.05, 0) is 36.6 Å². The van der Waals surface area contributed by atoms with Crippen LogP contribution in [0.15, 0.2) is 94.4 Å². The summed E-state index contributed by atoms with van der Waals surface area (Å²) in [6, 6.07) is 17.8. The number of aliphatic imine (C=N–C) groups is 1. The summed E-state index contributed by atoms with van der Waals surface area (Å²) in [4.78, 5) is 4.67. The highest BCUT2D eigenvalue weighted by Crippen LogP contribution is 2.21. The lowest BCUT2D eigenvalue weighted by molar-refractivity contribution is 1.26. The first-order valence-electron chi connectivity index (χ1n) is 7.77. The highest BCUT2D eigenvalue weighted by Gasteiger charge is 2.04. The molecule has 24 heavy (non-hydrogen) atoms. The number of halogens is 1. The molecule has 0 aromatic heterocycles. The van der Waals surface area contributed by atoms with Gasteiger partial charge in [-0.1, -0.05) is 83.2 Å². The summed E-state index contributed by atoms with van der Waals surface area (Å²) in [7, 11) is 0. The quantitative estimate of drug-likeness (QED) is 0.388. The van der Waals surface area contributed by atoms with Gasteiger partial charge in [0.1, 0.15) is 5.84 Å². The van der Waals surface area contributed by atoms with Crippen LogP contribution in [0, 0.1) is 0 Å². The highest BCUT2D eigenvalue weighted by molar-refractivity contribution is 9.10. The molecule has 0 heterocycles. The average molecular weight is 381 g/mol. The maximum atomic E-state index is 6.20. The number of amidine groups is 1. The van der Waals surface area contributed by atoms with Gasteiger partial charge in [-0.3, -0.25) is 0 Å². The van der Waals surface area contributed by atoms with E-state index in [1.807, 2.05) is 73.7 Å². The second-order valence-electron chi connectivity index (χ2n) is 5.23. The van der Waals surface area contributed by atoms with E-state index < -0.39 is 0 Å². The van der Waals surface area contributed by atoms with Crippen LogP contribution >= 0.6 is 15.9 Å². The number of allylic oxidation sites excluding steroid dienone is 4. The van der Waals surface area contributed by atoms with Gasteiger partial charge in [0.15, 0.2) is 0 Å². The van der Waals surface area contributed by atoms with Crippen LogP contribution in [0.3, 0.4) is 0 Å². The van der Waals surface area contributed by atoms with Crippen molar-refractivity contribution >= 4 is 27.5 Å². The van der Waals surface area contributed by atoms with E-state index in [1.54, 1.807) is 0 Å². The third kappa shape index (κ3) is 5.07. The summed E-state index contributed by atoms with van der Waals surface area (Å²) in [6.07, 6.45) is 6.75. The predicted molar refractivity (Wildman–Crippen MR) is 108 cm³/mol. The predicted octanol–water partition coefficient (Wildman–Crippen LogP) is 5.72. The van der Waals surface area contributed by atoms with Crippen LogP contribution in [0.25, 0.3) is 5.70 Å². The molecule has 3 heteroatoms. The van der Waals surface area contributed by atoms with Crippen molar-refractivity contribution in [1.82, 2.24) is 0 Å². The average Bonchev–Trinajstić information content (AvgIpc) is 2.63. The smallest absolute Gasteiger partial charge is 0.131 e. The Hall–Kier alpha value is -2.39. The number of benzene rings is 2. The normalized spacial score (nSPS) is 13.0. The fourth-order valence-corrected chi connectivity index (χ4v) is 2.45. The molecule has 0 spiro atoms. The molecule has 0 aliphatic rings. The lowest BCUT2D eigenvalue weighted by Crippen LogP contribution is -2.13. The van der Waals surface area contributed by atoms with Crippen LogP contribution in [0.5, 0.6) is 0 Å². The number of nitrogens with two attached hydrogens (primary N) is 1. The highest BCUT2D eigenvalue weighted by atomic mass is 79.9. The Morgan fingerprint density at radius 1 is 1.08 bits per heavy atom. The molecule has 0 radical (unpaired) electrons. The Bertz CT molecular complexity index is 769. The van der Waals surface area contributed by atoms with E-state index in [9.17, 15) is 0 Å². The van der Waals surface area contributed by atoms with Crippen molar-refractivity contribution < 1.29 is 0 Å². The van der Waals surface area contributed by atoms with Crippen molar-refractivity contribution in [3.8, 4) is 0 Å². The minimum atomic E-state index is 0.505. The maximum Gasteiger partial charge on any atom is 0.131 e. The Labute approximate surface area is 152 Å². The first-order valence-corrected chi connectivity index (χ1v) is 8.56. The van der Waals surface area contributed by atoms with Crippen molar-refractivity contribution in [1.29, 1.82) is 0 Å². The Morgan fingerprint density at radius 2 is 1.75 bits per heavy atom. The van der Waals surface area contributed by atoms with Gasteiger partial charge in [0.05, 0.1) is 5.70 Å². The van der Waals surface area contributed by atoms with Gasteiger partial charge >= 0.3 is 0 Å². The van der Waals surface area contributed by atoms with Gasteiger partial charge in [-0.25, -0.2) is 4.99 Å². The van der Waals surface area contributed by atoms with Gasteiger partial charge in [0, 0.05) is 10.0 Å². The number of nitrogens with zero attached hydrogens (tertiary/aromatic N) is 1. The molecule has 122 valence electrons. The number of hydrogen-bond donors (Lipinski definition) is 1. The summed E-state index contributed by atoms with van der Waals surface area (Å²) in [5.41, 5.74) is 10.1. The Balaban J connectivity index is 2.40. The fourth-order valence-electron chi connectivity index (χ4n) is 2.19. The molecule has 2 rings (SSSR count). The Morgan fingerprint density at radius 3 is 2.33 bits per heavy atom. The molecule has 2 nitrogen and oxygen atoms in total. The molecule has 0 atom stereocenters. The molecule has 2 aromatic carbocycles. The largest absolute Gasteiger partial charge is 0.383 e. The molecule has 0 aliphatic carbocycles. The van der Waals surface area contributed by atoms with E-state index in [1.165, 1.54) is 0 Å². The van der Waals surface area contributed by atoms with E-state index in [-0.39, 0.29) is 0 Å². The topological polar surface area (TPSA) is 38.4 Å². The zero-order valence-electron chi connectivity index (χ0n) is 13.7. The van der Waals surface area contributed by atoms with Crippen LogP contribution in [0.2, 0.25) is 0 Å². The molecule has 2 aromatic rings. The van der Waals surface area contributed by atoms with Crippen molar-refractivity contribution in [2.45, 2.75) is 13.3 Å². The van der Waals surface area contributed by atoms with Crippen LogP contribution in [0.4, 0.5) is 0 Å². The molecular formula is C21H21BrN2. The molecule has 0 fully saturated rings. The van der Waals surface area contributed by atoms with Crippen LogP contribution < -0.4 is 5.73 Å². The molecule has 0 saturated heterocycles. The zero-order valence-corrected chi connectivity index (χ0v) is 15.3. The standard InChI is InChI=1S/C21H21BrN2/c1-3-16(4-2)10-15-20(17-11-13-19(22)14-12-17)24-21(23)18-8-6-5-7-9-18/h3-9,11-15H,1,10H2,2H3,(H2,23,24)/b16-4+,20-15-. The molecule has 0 bridgehead atoms. The molecular weight excluding hydrogens is 360 g/mol. The van der Waals surface area contributed by atoms with E-state index >= 15 is 0 Å². The number of rotatable bonds is 6. The van der Waals surface area contributed by atoms with Gasteiger partial charge in [0.25, 0.3) is 0 Å². The summed E-state index contributed by atoms with van der Waals surface area (Å²) in [6.45, 7) is 5.84. The van der Waals surface area contributed by atoms with E-state index in [2.05, 4.69) is 33.6 Å². The lowest BCUT2D eigenvalue weighted by atomic mass is 10.1. The molecule has 0 saturated carbocycles. The van der Waals surface area contributed by atoms with Crippen LogP contribution in [-0.4, -0.2) is 5.84 Å². The van der Waals surface area contributed by atoms with Gasteiger partial charge in [-0.15, -0.1) is 0 Å². The molecule has 0 aliphatic heterocycles. The maximum absolute atomic E-state index is 6.20. The van der Waals surface area contributed by atoms with Crippen molar-refractivity contribution in [2.75, 3.05) is 0 Å². The van der Waals surface area contributed by atoms with Gasteiger partial charge in [0.2, 0.25) is 0 Å². The van der Waals surface area contributed by atoms with E-state index in [0.29, 0.717) is 5.84 Å². The zero-order chi connectivity index (χ0) is 17.4. The molecule has 0 amide bonds. The molecule has 0 unspecified atom stereocenters. The molecule has 2 N–H and O–H groups in total. The van der Waals surface area contributed by atoms with Crippen molar-refractivity contribution in [2.24, 2.45) is 10.7 Å². The lowest BCUT2D eigenvalue weighted by Gasteiger charge is -2.07.